The minimum absolute atomic E-state index is 0. The molecule has 0 aromatic carbocycles. The topological polar surface area (TPSA) is 95.5 Å². The highest BCUT2D eigenvalue weighted by Crippen LogP contribution is 2.25. The van der Waals surface area contributed by atoms with Gasteiger partial charge in [0.2, 0.25) is 10.0 Å². The normalized spacial score (nSPS) is 11.7. The fourth-order valence-electron chi connectivity index (χ4n) is 1.96. The van der Waals surface area contributed by atoms with E-state index >= 15 is 0 Å². The predicted molar refractivity (Wildman–Crippen MR) is 117 cm³/mol. The summed E-state index contributed by atoms with van der Waals surface area (Å²) in [6.07, 6.45) is 2.53. The number of halogens is 2. The molecule has 11 heteroatoms. The molecular weight excluding hydrogens is 509 g/mol. The Bertz CT molecular complexity index is 799. The van der Waals surface area contributed by atoms with Gasteiger partial charge in [0, 0.05) is 45.0 Å². The highest BCUT2D eigenvalue weighted by Gasteiger charge is 2.15. The lowest BCUT2D eigenvalue weighted by Crippen LogP contribution is -2.42. The van der Waals surface area contributed by atoms with Crippen molar-refractivity contribution in [2.24, 2.45) is 4.99 Å². The molecule has 26 heavy (non-hydrogen) atoms. The Morgan fingerprint density at radius 2 is 1.96 bits per heavy atom. The number of hydrogen-bond acceptors (Lipinski definition) is 5. The zero-order chi connectivity index (χ0) is 18.1. The van der Waals surface area contributed by atoms with Crippen LogP contribution in [0.15, 0.2) is 45.7 Å². The largest absolute Gasteiger partial charge is 0.356 e. The van der Waals surface area contributed by atoms with Gasteiger partial charge in [0.25, 0.3) is 0 Å². The third kappa shape index (κ3) is 7.74. The Balaban J connectivity index is 0.00000338. The van der Waals surface area contributed by atoms with Gasteiger partial charge >= 0.3 is 0 Å². The van der Waals surface area contributed by atoms with Gasteiger partial charge in [-0.1, -0.05) is 17.7 Å². The van der Waals surface area contributed by atoms with E-state index in [0.29, 0.717) is 23.4 Å². The maximum Gasteiger partial charge on any atom is 0.250 e. The molecule has 2 aromatic rings. The van der Waals surface area contributed by atoms with Crippen molar-refractivity contribution in [3.8, 4) is 0 Å². The second-order valence-corrected chi connectivity index (χ2v) is 8.66. The minimum Gasteiger partial charge on any atom is -0.356 e. The van der Waals surface area contributed by atoms with E-state index < -0.39 is 10.0 Å². The summed E-state index contributed by atoms with van der Waals surface area (Å²) in [5.41, 5.74) is 0.993. The second kappa shape index (κ2) is 11.7. The predicted octanol–water partition coefficient (Wildman–Crippen LogP) is 2.10. The molecule has 0 aliphatic carbocycles. The van der Waals surface area contributed by atoms with Crippen LogP contribution in [-0.2, 0) is 16.4 Å². The van der Waals surface area contributed by atoms with E-state index in [1.165, 1.54) is 6.07 Å². The lowest BCUT2D eigenvalue weighted by atomic mass is 10.3. The first-order chi connectivity index (χ1) is 12.0. The number of nitrogens with zero attached hydrogens (tertiary/aromatic N) is 2. The van der Waals surface area contributed by atoms with Gasteiger partial charge in [-0.25, -0.2) is 13.1 Å². The van der Waals surface area contributed by atoms with Gasteiger partial charge in [-0.3, -0.25) is 9.98 Å². The summed E-state index contributed by atoms with van der Waals surface area (Å²) >= 11 is 6.79. The van der Waals surface area contributed by atoms with Gasteiger partial charge in [-0.05, 0) is 24.3 Å². The summed E-state index contributed by atoms with van der Waals surface area (Å²) in [4.78, 5) is 8.35. The van der Waals surface area contributed by atoms with E-state index in [4.69, 9.17) is 11.6 Å². The van der Waals surface area contributed by atoms with Crippen molar-refractivity contribution in [1.29, 1.82) is 0 Å². The summed E-state index contributed by atoms with van der Waals surface area (Å²) in [7, 11) is -1.86. The standard InChI is InChI=1S/C15H20ClN5O2S2.HI/c1-17-15(19-9-7-12-4-2-3-8-18-12)20-10-11-21-25(22,23)14-6-5-13(16)24-14;/h2-6,8,21H,7,9-11H2,1H3,(H2,17,19,20);1H. The van der Waals surface area contributed by atoms with Crippen LogP contribution >= 0.6 is 46.9 Å². The molecule has 0 saturated carbocycles. The summed E-state index contributed by atoms with van der Waals surface area (Å²) in [6.45, 7) is 1.32. The third-order valence-electron chi connectivity index (χ3n) is 3.15. The Hall–Kier alpha value is -0.950. The summed E-state index contributed by atoms with van der Waals surface area (Å²) < 4.78 is 27.3. The maximum absolute atomic E-state index is 12.0. The fourth-order valence-corrected chi connectivity index (χ4v) is 4.51. The van der Waals surface area contributed by atoms with Gasteiger partial charge in [0.15, 0.2) is 5.96 Å². The van der Waals surface area contributed by atoms with Crippen LogP contribution in [0.3, 0.4) is 0 Å². The van der Waals surface area contributed by atoms with E-state index in [1.807, 2.05) is 18.2 Å². The molecule has 0 atom stereocenters. The van der Waals surface area contributed by atoms with Gasteiger partial charge in [0.1, 0.15) is 4.21 Å². The average Bonchev–Trinajstić information content (AvgIpc) is 3.05. The molecule has 0 aliphatic heterocycles. The molecule has 144 valence electrons. The molecule has 2 heterocycles. The molecule has 7 nitrogen and oxygen atoms in total. The fraction of sp³-hybridized carbons (Fsp3) is 0.333. The van der Waals surface area contributed by atoms with E-state index in [-0.39, 0.29) is 34.7 Å². The summed E-state index contributed by atoms with van der Waals surface area (Å²) in [5, 5.41) is 6.21. The van der Waals surface area contributed by atoms with Gasteiger partial charge < -0.3 is 10.6 Å². The quantitative estimate of drug-likeness (QED) is 0.211. The van der Waals surface area contributed by atoms with Crippen LogP contribution in [-0.4, -0.2) is 46.0 Å². The van der Waals surface area contributed by atoms with Crippen molar-refractivity contribution in [2.45, 2.75) is 10.6 Å². The highest BCUT2D eigenvalue weighted by atomic mass is 127. The molecule has 2 rings (SSSR count). The van der Waals surface area contributed by atoms with Crippen LogP contribution in [0.25, 0.3) is 0 Å². The number of thiophene rings is 1. The average molecular weight is 530 g/mol. The Labute approximate surface area is 179 Å². The second-order valence-electron chi connectivity index (χ2n) is 4.95. The Morgan fingerprint density at radius 3 is 2.58 bits per heavy atom. The number of nitrogens with one attached hydrogen (secondary N) is 3. The molecule has 0 bridgehead atoms. The number of rotatable bonds is 8. The van der Waals surface area contributed by atoms with Crippen LogP contribution in [0.2, 0.25) is 4.34 Å². The van der Waals surface area contributed by atoms with E-state index in [1.54, 1.807) is 19.3 Å². The van der Waals surface area contributed by atoms with Gasteiger partial charge in [0.05, 0.1) is 4.34 Å². The van der Waals surface area contributed by atoms with Crippen molar-refractivity contribution in [3.63, 3.8) is 0 Å². The molecule has 0 saturated heterocycles. The molecular formula is C15H21ClIN5O2S2. The maximum atomic E-state index is 12.0. The molecule has 3 N–H and O–H groups in total. The van der Waals surface area contributed by atoms with Crippen molar-refractivity contribution >= 4 is 62.9 Å². The molecule has 0 fully saturated rings. The lowest BCUT2D eigenvalue weighted by molar-refractivity contribution is 0.582. The SMILES string of the molecule is CN=C(NCCNS(=O)(=O)c1ccc(Cl)s1)NCCc1ccccn1.I. The number of aromatic nitrogens is 1. The molecule has 0 spiro atoms. The molecule has 2 aromatic heterocycles. The number of sulfonamides is 1. The molecule has 0 aliphatic rings. The first-order valence-corrected chi connectivity index (χ1v) is 10.3. The zero-order valence-electron chi connectivity index (χ0n) is 14.1. The van der Waals surface area contributed by atoms with Crippen LogP contribution in [0.4, 0.5) is 0 Å². The van der Waals surface area contributed by atoms with Crippen LogP contribution in [0, 0.1) is 0 Å². The number of aliphatic imine (C=N–C) groups is 1. The van der Waals surface area contributed by atoms with E-state index in [2.05, 4.69) is 25.3 Å². The molecule has 0 amide bonds. The van der Waals surface area contributed by atoms with Crippen molar-refractivity contribution in [3.05, 3.63) is 46.6 Å². The van der Waals surface area contributed by atoms with Gasteiger partial charge in [-0.2, -0.15) is 0 Å². The van der Waals surface area contributed by atoms with E-state index in [9.17, 15) is 8.42 Å². The van der Waals surface area contributed by atoms with Gasteiger partial charge in [-0.15, -0.1) is 35.3 Å². The number of guanidine groups is 1. The van der Waals surface area contributed by atoms with E-state index in [0.717, 1.165) is 23.5 Å². The molecule has 0 radical (unpaired) electrons. The smallest absolute Gasteiger partial charge is 0.250 e. The third-order valence-corrected chi connectivity index (χ3v) is 6.33. The number of pyridine rings is 1. The highest BCUT2D eigenvalue weighted by molar-refractivity contribution is 14.0. The number of hydrogen-bond donors (Lipinski definition) is 3. The minimum atomic E-state index is -3.52. The van der Waals surface area contributed by atoms with Crippen LogP contribution in [0.5, 0.6) is 0 Å². The van der Waals surface area contributed by atoms with Crippen molar-refractivity contribution < 1.29 is 8.42 Å². The lowest BCUT2D eigenvalue weighted by Gasteiger charge is -2.12. The Kier molecular flexibility index (Phi) is 10.4. The van der Waals surface area contributed by atoms with Crippen molar-refractivity contribution in [1.82, 2.24) is 20.3 Å². The summed E-state index contributed by atoms with van der Waals surface area (Å²) in [6, 6.07) is 8.83. The zero-order valence-corrected chi connectivity index (χ0v) is 18.8. The monoisotopic (exact) mass is 529 g/mol. The molecule has 0 unspecified atom stereocenters. The first kappa shape index (κ1) is 23.1. The summed E-state index contributed by atoms with van der Waals surface area (Å²) in [5.74, 6) is 0.606. The van der Waals surface area contributed by atoms with Crippen molar-refractivity contribution in [2.75, 3.05) is 26.7 Å². The first-order valence-electron chi connectivity index (χ1n) is 7.61. The van der Waals surface area contributed by atoms with Crippen LogP contribution in [0.1, 0.15) is 5.69 Å². The Morgan fingerprint density at radius 1 is 1.19 bits per heavy atom. The van der Waals surface area contributed by atoms with Crippen LogP contribution < -0.4 is 15.4 Å².